The molecule has 23 heavy (non-hydrogen) atoms. The minimum absolute atomic E-state index is 0.0597. The van der Waals surface area contributed by atoms with Crippen molar-refractivity contribution in [1.29, 1.82) is 0 Å². The van der Waals surface area contributed by atoms with Crippen molar-refractivity contribution in [1.82, 2.24) is 0 Å². The number of unbranched alkanes of at least 4 members (excludes halogenated alkanes) is 2. The highest BCUT2D eigenvalue weighted by atomic mass is 31.1. The lowest BCUT2D eigenvalue weighted by Gasteiger charge is -2.32. The molecule has 1 saturated carbocycles. The average molecular weight is 333 g/mol. The normalized spacial score (nSPS) is 17.3. The molecular weight excluding hydrogens is 295 g/mol. The van der Waals surface area contributed by atoms with Gasteiger partial charge in [0, 0.05) is 0 Å². The summed E-state index contributed by atoms with van der Waals surface area (Å²) in [5.74, 6) is 0. The Morgan fingerprint density at radius 2 is 1.61 bits per heavy atom. The molecule has 130 valence electrons. The third-order valence-electron chi connectivity index (χ3n) is 5.49. The monoisotopic (exact) mass is 332 g/mol. The first-order chi connectivity index (χ1) is 11.3. The predicted molar refractivity (Wildman–Crippen MR) is 108 cm³/mol. The molecular formula is C22H37P. The molecule has 0 N–H and O–H groups in total. The summed E-state index contributed by atoms with van der Waals surface area (Å²) in [4.78, 5) is 0. The summed E-state index contributed by atoms with van der Waals surface area (Å²) in [5.41, 5.74) is 4.45. The van der Waals surface area contributed by atoms with Crippen molar-refractivity contribution >= 4 is 13.2 Å². The molecule has 1 atom stereocenters. The van der Waals surface area contributed by atoms with E-state index >= 15 is 0 Å². The van der Waals surface area contributed by atoms with Gasteiger partial charge in [0.15, 0.2) is 0 Å². The van der Waals surface area contributed by atoms with E-state index in [0.717, 1.165) is 5.66 Å². The molecule has 1 heteroatoms. The van der Waals surface area contributed by atoms with Crippen molar-refractivity contribution < 1.29 is 0 Å². The largest absolute Gasteiger partial charge is 0.0721 e. The van der Waals surface area contributed by atoms with Crippen molar-refractivity contribution in [2.75, 3.05) is 6.16 Å². The molecule has 0 saturated heterocycles. The van der Waals surface area contributed by atoms with Gasteiger partial charge in [-0.1, -0.05) is 79.0 Å². The SMILES string of the molecule is CCCCc1cccc(P(CC)C2CCCCC2)c1CCCC. The lowest BCUT2D eigenvalue weighted by molar-refractivity contribution is 0.512. The average Bonchev–Trinajstić information content (AvgIpc) is 2.60. The summed E-state index contributed by atoms with van der Waals surface area (Å²) in [7, 11) is 0.0597. The third kappa shape index (κ3) is 5.32. The van der Waals surface area contributed by atoms with Crippen LogP contribution in [0.15, 0.2) is 18.2 Å². The molecule has 1 fully saturated rings. The van der Waals surface area contributed by atoms with E-state index in [-0.39, 0.29) is 7.92 Å². The van der Waals surface area contributed by atoms with E-state index in [4.69, 9.17) is 0 Å². The molecule has 1 unspecified atom stereocenters. The van der Waals surface area contributed by atoms with Gasteiger partial charge in [-0.15, -0.1) is 0 Å². The molecule has 1 aliphatic rings. The van der Waals surface area contributed by atoms with Crippen LogP contribution >= 0.6 is 7.92 Å². The maximum Gasteiger partial charge on any atom is -0.0169 e. The molecule has 0 amide bonds. The van der Waals surface area contributed by atoms with E-state index in [9.17, 15) is 0 Å². The van der Waals surface area contributed by atoms with E-state index in [2.05, 4.69) is 39.0 Å². The lowest BCUT2D eigenvalue weighted by atomic mass is 9.98. The zero-order valence-corrected chi connectivity index (χ0v) is 16.6. The van der Waals surface area contributed by atoms with E-state index < -0.39 is 0 Å². The molecule has 0 spiro atoms. The fourth-order valence-corrected chi connectivity index (χ4v) is 7.27. The van der Waals surface area contributed by atoms with Crippen LogP contribution in [0.5, 0.6) is 0 Å². The molecule has 2 rings (SSSR count). The molecule has 1 aromatic rings. The summed E-state index contributed by atoms with van der Waals surface area (Å²) in [6.07, 6.45) is 16.7. The van der Waals surface area contributed by atoms with Gasteiger partial charge in [-0.3, -0.25) is 0 Å². The van der Waals surface area contributed by atoms with Crippen molar-refractivity contribution in [3.05, 3.63) is 29.3 Å². The van der Waals surface area contributed by atoms with Gasteiger partial charge in [-0.2, -0.15) is 0 Å². The Morgan fingerprint density at radius 1 is 0.913 bits per heavy atom. The fraction of sp³-hybridized carbons (Fsp3) is 0.727. The van der Waals surface area contributed by atoms with Crippen molar-refractivity contribution in [2.24, 2.45) is 0 Å². The Bertz CT molecular complexity index is 445. The van der Waals surface area contributed by atoms with Gasteiger partial charge in [0.2, 0.25) is 0 Å². The summed E-state index contributed by atoms with van der Waals surface area (Å²) >= 11 is 0. The van der Waals surface area contributed by atoms with E-state index in [1.54, 1.807) is 16.4 Å². The Labute approximate surface area is 146 Å². The van der Waals surface area contributed by atoms with Crippen LogP contribution in [0.3, 0.4) is 0 Å². The van der Waals surface area contributed by atoms with Crippen LogP contribution < -0.4 is 5.30 Å². The van der Waals surface area contributed by atoms with Gasteiger partial charge in [0.1, 0.15) is 0 Å². The summed E-state index contributed by atoms with van der Waals surface area (Å²) in [5, 5.41) is 1.79. The second-order valence-corrected chi connectivity index (χ2v) is 9.98. The molecule has 0 aliphatic heterocycles. The van der Waals surface area contributed by atoms with Crippen molar-refractivity contribution in [2.45, 2.75) is 97.1 Å². The smallest absolute Gasteiger partial charge is 0.0169 e. The minimum Gasteiger partial charge on any atom is -0.0721 e. The third-order valence-corrected chi connectivity index (χ3v) is 8.61. The molecule has 0 aromatic heterocycles. The van der Waals surface area contributed by atoms with Gasteiger partial charge < -0.3 is 0 Å². The van der Waals surface area contributed by atoms with Crippen LogP contribution in [-0.4, -0.2) is 11.8 Å². The van der Waals surface area contributed by atoms with E-state index in [1.165, 1.54) is 76.8 Å². The second-order valence-electron chi connectivity index (χ2n) is 7.20. The predicted octanol–water partition coefficient (Wildman–Crippen LogP) is 6.83. The van der Waals surface area contributed by atoms with Gasteiger partial charge in [-0.25, -0.2) is 0 Å². The molecule has 0 bridgehead atoms. The number of rotatable bonds is 9. The van der Waals surface area contributed by atoms with Gasteiger partial charge in [0.25, 0.3) is 0 Å². The topological polar surface area (TPSA) is 0 Å². The highest BCUT2D eigenvalue weighted by molar-refractivity contribution is 7.66. The fourth-order valence-electron chi connectivity index (χ4n) is 4.15. The van der Waals surface area contributed by atoms with Crippen LogP contribution in [0.1, 0.15) is 89.7 Å². The molecule has 0 radical (unpaired) electrons. The van der Waals surface area contributed by atoms with E-state index in [0.29, 0.717) is 0 Å². The number of benzene rings is 1. The van der Waals surface area contributed by atoms with Gasteiger partial charge >= 0.3 is 0 Å². The van der Waals surface area contributed by atoms with Gasteiger partial charge in [0.05, 0.1) is 0 Å². The number of aryl methyl sites for hydroxylation is 1. The maximum absolute atomic E-state index is 2.50. The zero-order valence-electron chi connectivity index (χ0n) is 15.7. The quantitative estimate of drug-likeness (QED) is 0.435. The number of hydrogen-bond acceptors (Lipinski definition) is 0. The second kappa shape index (κ2) is 10.5. The zero-order chi connectivity index (χ0) is 16.5. The first-order valence-corrected chi connectivity index (χ1v) is 11.8. The van der Waals surface area contributed by atoms with Crippen molar-refractivity contribution in [3.63, 3.8) is 0 Å². The Morgan fingerprint density at radius 3 is 2.26 bits per heavy atom. The maximum atomic E-state index is 2.50. The van der Waals surface area contributed by atoms with E-state index in [1.807, 2.05) is 0 Å². The van der Waals surface area contributed by atoms with Crippen LogP contribution in [-0.2, 0) is 12.8 Å². The standard InChI is InChI=1S/C22H37P/c1-4-7-13-19-14-12-18-22(21(19)17-8-5-2)23(6-3)20-15-10-9-11-16-20/h12,14,18,20H,4-11,13,15-17H2,1-3H3. The van der Waals surface area contributed by atoms with Crippen LogP contribution in [0.2, 0.25) is 0 Å². The Kier molecular flexibility index (Phi) is 8.67. The minimum atomic E-state index is 0.0597. The summed E-state index contributed by atoms with van der Waals surface area (Å²) in [6, 6.07) is 7.29. The highest BCUT2D eigenvalue weighted by Crippen LogP contribution is 2.47. The highest BCUT2D eigenvalue weighted by Gasteiger charge is 2.25. The first-order valence-electron chi connectivity index (χ1n) is 10.2. The number of hydrogen-bond donors (Lipinski definition) is 0. The van der Waals surface area contributed by atoms with Crippen LogP contribution in [0, 0.1) is 0 Å². The summed E-state index contributed by atoms with van der Waals surface area (Å²) in [6.45, 7) is 7.09. The van der Waals surface area contributed by atoms with Crippen molar-refractivity contribution in [3.8, 4) is 0 Å². The molecule has 0 heterocycles. The molecule has 1 aromatic carbocycles. The van der Waals surface area contributed by atoms with Crippen LogP contribution in [0.25, 0.3) is 0 Å². The molecule has 1 aliphatic carbocycles. The lowest BCUT2D eigenvalue weighted by Crippen LogP contribution is -2.22. The molecule has 0 nitrogen and oxygen atoms in total. The first kappa shape index (κ1) is 19.0. The Hall–Kier alpha value is -0.350. The Balaban J connectivity index is 2.29. The summed E-state index contributed by atoms with van der Waals surface area (Å²) < 4.78 is 0. The van der Waals surface area contributed by atoms with Crippen LogP contribution in [0.4, 0.5) is 0 Å². The van der Waals surface area contributed by atoms with Gasteiger partial charge in [-0.05, 0) is 66.8 Å².